The fraction of sp³-hybridized carbons (Fsp3) is 0.600. The molecule has 3 fully saturated rings. The number of fused-ring (bicyclic) bond motifs is 3. The molecular formula is C20H26O7. The Morgan fingerprint density at radius 3 is 2.78 bits per heavy atom. The summed E-state index contributed by atoms with van der Waals surface area (Å²) in [4.78, 5) is 24.6. The van der Waals surface area contributed by atoms with Crippen molar-refractivity contribution in [3.8, 4) is 0 Å². The minimum absolute atomic E-state index is 0.0389. The average Bonchev–Trinajstić information content (AvgIpc) is 2.95. The third-order valence-electron chi connectivity index (χ3n) is 6.10. The Bertz CT molecular complexity index is 684. The van der Waals surface area contributed by atoms with Gasteiger partial charge in [-0.3, -0.25) is 4.79 Å². The van der Waals surface area contributed by atoms with Gasteiger partial charge in [-0.15, -0.1) is 6.58 Å². The van der Waals surface area contributed by atoms with E-state index in [9.17, 15) is 9.59 Å². The monoisotopic (exact) mass is 378 g/mol. The minimum atomic E-state index is -0.684. The summed E-state index contributed by atoms with van der Waals surface area (Å²) < 4.78 is 22.5. The topological polar surface area (TPSA) is 91.3 Å². The first-order chi connectivity index (χ1) is 12.8. The van der Waals surface area contributed by atoms with Gasteiger partial charge in [-0.1, -0.05) is 26.2 Å². The van der Waals surface area contributed by atoms with Gasteiger partial charge in [0.05, 0.1) is 24.7 Å². The van der Waals surface area contributed by atoms with Crippen LogP contribution in [0.1, 0.15) is 13.3 Å². The maximum absolute atomic E-state index is 12.3. The molecule has 0 spiro atoms. The summed E-state index contributed by atoms with van der Waals surface area (Å²) in [6.07, 6.45) is 0.462. The largest absolute Gasteiger partial charge is 0.461 e. The Balaban J connectivity index is 1.99. The van der Waals surface area contributed by atoms with Gasteiger partial charge in [0.25, 0.3) is 0 Å². The number of hydrogen-bond donors (Lipinski definition) is 1. The van der Waals surface area contributed by atoms with Gasteiger partial charge in [-0.2, -0.15) is 0 Å². The number of rotatable bonds is 5. The fourth-order valence-electron chi connectivity index (χ4n) is 4.66. The standard InChI is InChI=1S/C20H26O7/c1-6-20-7-13(26-17(22)10(2)8-21)14-11(3)18(23)27-16(14)15(20)12(4)19(24-5)25-9-20/h6,11,13-16,19,21H,1-2,4,7-9H2,3,5H3/t11-,13-,14+,15+,16-,19?,20+/m0/s1. The third kappa shape index (κ3) is 3.03. The number of methoxy groups -OCH3 is 1. The lowest BCUT2D eigenvalue weighted by Crippen LogP contribution is -2.58. The number of carbonyl (C=O) groups is 2. The SMILES string of the molecule is C=C[C@@]12COC(OC)C(=C)[C@@H]1[C@H]1OC(=O)[C@@H](C)[C@@H]1[C@@H](OC(=O)C(=C)CO)C2. The summed E-state index contributed by atoms with van der Waals surface area (Å²) >= 11 is 0. The maximum Gasteiger partial charge on any atom is 0.336 e. The average molecular weight is 378 g/mol. The molecule has 7 heteroatoms. The van der Waals surface area contributed by atoms with Gasteiger partial charge in [-0.05, 0) is 12.0 Å². The lowest BCUT2D eigenvalue weighted by molar-refractivity contribution is -0.203. The Kier molecular flexibility index (Phi) is 5.29. The zero-order chi connectivity index (χ0) is 19.9. The van der Waals surface area contributed by atoms with Crippen molar-refractivity contribution >= 4 is 11.9 Å². The lowest BCUT2D eigenvalue weighted by atomic mass is 9.56. The second kappa shape index (κ2) is 7.22. The van der Waals surface area contributed by atoms with Crippen molar-refractivity contribution in [3.05, 3.63) is 37.0 Å². The second-order valence-corrected chi connectivity index (χ2v) is 7.55. The van der Waals surface area contributed by atoms with Gasteiger partial charge in [0.2, 0.25) is 0 Å². The first-order valence-corrected chi connectivity index (χ1v) is 8.96. The van der Waals surface area contributed by atoms with Crippen LogP contribution < -0.4 is 0 Å². The summed E-state index contributed by atoms with van der Waals surface area (Å²) in [5.74, 6) is -2.03. The van der Waals surface area contributed by atoms with Crippen LogP contribution >= 0.6 is 0 Å². The quantitative estimate of drug-likeness (QED) is 0.439. The van der Waals surface area contributed by atoms with Crippen LogP contribution in [0.4, 0.5) is 0 Å². The van der Waals surface area contributed by atoms with E-state index in [4.69, 9.17) is 24.1 Å². The summed E-state index contributed by atoms with van der Waals surface area (Å²) in [7, 11) is 1.53. The highest BCUT2D eigenvalue weighted by Crippen LogP contribution is 2.56. The number of aliphatic hydroxyl groups excluding tert-OH is 1. The summed E-state index contributed by atoms with van der Waals surface area (Å²) in [5, 5.41) is 9.15. The van der Waals surface area contributed by atoms with E-state index in [0.29, 0.717) is 12.0 Å². The molecule has 7 atom stereocenters. The molecule has 1 unspecified atom stereocenters. The van der Waals surface area contributed by atoms with Crippen molar-refractivity contribution in [1.82, 2.24) is 0 Å². The Labute approximate surface area is 158 Å². The third-order valence-corrected chi connectivity index (χ3v) is 6.10. The van der Waals surface area contributed by atoms with Gasteiger partial charge >= 0.3 is 11.9 Å². The molecular weight excluding hydrogens is 352 g/mol. The molecule has 0 aromatic rings. The molecule has 0 aromatic carbocycles. The Hall–Kier alpha value is -1.96. The second-order valence-electron chi connectivity index (χ2n) is 7.55. The molecule has 0 bridgehead atoms. The molecule has 2 heterocycles. The predicted molar refractivity (Wildman–Crippen MR) is 95.3 cm³/mol. The molecule has 0 amide bonds. The van der Waals surface area contributed by atoms with Gasteiger partial charge in [-0.25, -0.2) is 4.79 Å². The number of carbonyl (C=O) groups excluding carboxylic acids is 2. The molecule has 7 nitrogen and oxygen atoms in total. The number of esters is 2. The molecule has 1 saturated carbocycles. The van der Waals surface area contributed by atoms with E-state index < -0.39 is 42.4 Å². The van der Waals surface area contributed by atoms with Crippen molar-refractivity contribution in [2.75, 3.05) is 20.3 Å². The van der Waals surface area contributed by atoms with Crippen LogP contribution in [0.2, 0.25) is 0 Å². The van der Waals surface area contributed by atoms with Gasteiger partial charge in [0, 0.05) is 24.4 Å². The van der Waals surface area contributed by atoms with Crippen LogP contribution in [0.25, 0.3) is 0 Å². The van der Waals surface area contributed by atoms with Crippen molar-refractivity contribution in [1.29, 1.82) is 0 Å². The van der Waals surface area contributed by atoms with E-state index in [-0.39, 0.29) is 30.0 Å². The fourth-order valence-corrected chi connectivity index (χ4v) is 4.66. The number of aliphatic hydroxyl groups is 1. The number of ether oxygens (including phenoxy) is 4. The smallest absolute Gasteiger partial charge is 0.336 e. The summed E-state index contributed by atoms with van der Waals surface area (Å²) in [6.45, 7) is 13.2. The highest BCUT2D eigenvalue weighted by molar-refractivity contribution is 5.88. The van der Waals surface area contributed by atoms with Gasteiger partial charge in [0.15, 0.2) is 6.29 Å². The maximum atomic E-state index is 12.3. The van der Waals surface area contributed by atoms with Crippen molar-refractivity contribution in [2.45, 2.75) is 31.8 Å². The molecule has 2 aliphatic heterocycles. The highest BCUT2D eigenvalue weighted by Gasteiger charge is 2.63. The minimum Gasteiger partial charge on any atom is -0.461 e. The molecule has 2 saturated heterocycles. The molecule has 3 aliphatic rings. The zero-order valence-corrected chi connectivity index (χ0v) is 15.7. The van der Waals surface area contributed by atoms with Crippen molar-refractivity contribution in [2.24, 2.45) is 23.2 Å². The van der Waals surface area contributed by atoms with E-state index in [1.54, 1.807) is 13.0 Å². The predicted octanol–water partition coefficient (Wildman–Crippen LogP) is 1.38. The van der Waals surface area contributed by atoms with Crippen LogP contribution in [0.5, 0.6) is 0 Å². The summed E-state index contributed by atoms with van der Waals surface area (Å²) in [6, 6.07) is 0. The lowest BCUT2D eigenvalue weighted by Gasteiger charge is -2.54. The molecule has 3 rings (SSSR count). The molecule has 27 heavy (non-hydrogen) atoms. The molecule has 0 aromatic heterocycles. The molecule has 1 N–H and O–H groups in total. The number of hydrogen-bond acceptors (Lipinski definition) is 7. The van der Waals surface area contributed by atoms with E-state index in [0.717, 1.165) is 0 Å². The first-order valence-electron chi connectivity index (χ1n) is 8.96. The first kappa shape index (κ1) is 19.8. The van der Waals surface area contributed by atoms with Crippen LogP contribution in [0, 0.1) is 23.2 Å². The summed E-state index contributed by atoms with van der Waals surface area (Å²) in [5.41, 5.74) is 0.0383. The molecule has 0 radical (unpaired) electrons. The van der Waals surface area contributed by atoms with Gasteiger partial charge in [0.1, 0.15) is 12.2 Å². The van der Waals surface area contributed by atoms with Crippen molar-refractivity contribution in [3.63, 3.8) is 0 Å². The Morgan fingerprint density at radius 2 is 2.19 bits per heavy atom. The Morgan fingerprint density at radius 1 is 1.48 bits per heavy atom. The zero-order valence-electron chi connectivity index (χ0n) is 15.7. The normalized spacial score (nSPS) is 40.6. The van der Waals surface area contributed by atoms with Crippen molar-refractivity contribution < 1.29 is 33.6 Å². The highest BCUT2D eigenvalue weighted by atomic mass is 16.7. The molecule has 148 valence electrons. The van der Waals surface area contributed by atoms with Crippen LogP contribution in [0.15, 0.2) is 37.0 Å². The van der Waals surface area contributed by atoms with E-state index in [2.05, 4.69) is 19.7 Å². The van der Waals surface area contributed by atoms with E-state index in [1.165, 1.54) is 7.11 Å². The van der Waals surface area contributed by atoms with E-state index in [1.807, 2.05) is 0 Å². The molecule has 1 aliphatic carbocycles. The van der Waals surface area contributed by atoms with Crippen LogP contribution in [0.3, 0.4) is 0 Å². The van der Waals surface area contributed by atoms with Gasteiger partial charge < -0.3 is 24.1 Å². The van der Waals surface area contributed by atoms with Crippen LogP contribution in [-0.2, 0) is 28.5 Å². The van der Waals surface area contributed by atoms with E-state index >= 15 is 0 Å². The van der Waals surface area contributed by atoms with Crippen LogP contribution in [-0.4, -0.2) is 55.9 Å².